The van der Waals surface area contributed by atoms with Crippen molar-refractivity contribution in [2.24, 2.45) is 11.7 Å². The van der Waals surface area contributed by atoms with Gasteiger partial charge in [0, 0.05) is 20.5 Å². The van der Waals surface area contributed by atoms with Gasteiger partial charge < -0.3 is 5.73 Å². The van der Waals surface area contributed by atoms with E-state index in [4.69, 9.17) is 5.73 Å². The molecule has 0 saturated carbocycles. The lowest BCUT2D eigenvalue weighted by molar-refractivity contribution is -0.125. The van der Waals surface area contributed by atoms with Gasteiger partial charge in [-0.05, 0) is 25.3 Å². The van der Waals surface area contributed by atoms with Crippen molar-refractivity contribution in [1.29, 1.82) is 0 Å². The van der Waals surface area contributed by atoms with Gasteiger partial charge in [-0.15, -0.1) is 0 Å². The molecule has 4 heteroatoms. The third-order valence-electron chi connectivity index (χ3n) is 2.28. The molecule has 1 unspecified atom stereocenters. The molecule has 1 atom stereocenters. The Morgan fingerprint density at radius 1 is 1.43 bits per heavy atom. The minimum absolute atomic E-state index is 0.0884. The van der Waals surface area contributed by atoms with Gasteiger partial charge in [-0.1, -0.05) is 13.3 Å². The topological polar surface area (TPSA) is 58.4 Å². The summed E-state index contributed by atoms with van der Waals surface area (Å²) in [6.07, 6.45) is 3.66. The second-order valence-corrected chi connectivity index (χ2v) is 3.82. The molecule has 0 aliphatic heterocycles. The first kappa shape index (κ1) is 13.4. The fourth-order valence-electron chi connectivity index (χ4n) is 1.43. The van der Waals surface area contributed by atoms with E-state index in [-0.39, 0.29) is 5.91 Å². The number of hydrogen-bond acceptors (Lipinski definition) is 3. The summed E-state index contributed by atoms with van der Waals surface area (Å²) in [4.78, 5) is 11.3. The van der Waals surface area contributed by atoms with E-state index in [9.17, 15) is 4.79 Å². The number of nitrogens with one attached hydrogen (secondary N) is 1. The molecule has 0 radical (unpaired) electrons. The van der Waals surface area contributed by atoms with Gasteiger partial charge in [0.15, 0.2) is 0 Å². The first-order valence-electron chi connectivity index (χ1n) is 5.27. The standard InChI is InChI=1S/C10H23N3O/c1-4-9(7-8-11)5-6-10(14)12-13(2)3/h9H,4-8,11H2,1-3H3,(H,12,14). The monoisotopic (exact) mass is 201 g/mol. The molecule has 0 bridgehead atoms. The number of hydrogen-bond donors (Lipinski definition) is 2. The molecule has 3 N–H and O–H groups in total. The summed E-state index contributed by atoms with van der Waals surface area (Å²) < 4.78 is 0. The first-order chi connectivity index (χ1) is 6.60. The average molecular weight is 201 g/mol. The average Bonchev–Trinajstić information content (AvgIpc) is 2.11. The molecule has 0 aliphatic carbocycles. The van der Waals surface area contributed by atoms with Crippen molar-refractivity contribution < 1.29 is 4.79 Å². The minimum atomic E-state index is 0.0884. The van der Waals surface area contributed by atoms with Crippen molar-refractivity contribution in [2.75, 3.05) is 20.6 Å². The van der Waals surface area contributed by atoms with E-state index in [0.717, 1.165) is 19.3 Å². The number of amides is 1. The highest BCUT2D eigenvalue weighted by atomic mass is 16.2. The van der Waals surface area contributed by atoms with Crippen LogP contribution in [0.1, 0.15) is 32.6 Å². The van der Waals surface area contributed by atoms with Crippen LogP contribution in [-0.2, 0) is 4.79 Å². The SMILES string of the molecule is CCC(CCN)CCC(=O)NN(C)C. The molecule has 0 saturated heterocycles. The Balaban J connectivity index is 3.62. The fourth-order valence-corrected chi connectivity index (χ4v) is 1.43. The zero-order chi connectivity index (χ0) is 11.0. The lowest BCUT2D eigenvalue weighted by Gasteiger charge is -2.15. The molecule has 0 rings (SSSR count). The maximum Gasteiger partial charge on any atom is 0.234 e. The van der Waals surface area contributed by atoms with Gasteiger partial charge in [0.25, 0.3) is 0 Å². The number of hydrazine groups is 1. The second-order valence-electron chi connectivity index (χ2n) is 3.82. The smallest absolute Gasteiger partial charge is 0.234 e. The van der Waals surface area contributed by atoms with Crippen LogP contribution in [0.5, 0.6) is 0 Å². The first-order valence-corrected chi connectivity index (χ1v) is 5.27. The van der Waals surface area contributed by atoms with E-state index in [2.05, 4.69) is 12.3 Å². The molecule has 0 aromatic rings. The summed E-state index contributed by atoms with van der Waals surface area (Å²) in [5.41, 5.74) is 8.21. The van der Waals surface area contributed by atoms with Crippen LogP contribution in [-0.4, -0.2) is 31.6 Å². The van der Waals surface area contributed by atoms with Crippen LogP contribution >= 0.6 is 0 Å². The predicted molar refractivity (Wildman–Crippen MR) is 58.5 cm³/mol. The Morgan fingerprint density at radius 3 is 2.50 bits per heavy atom. The van der Waals surface area contributed by atoms with Crippen LogP contribution in [0.2, 0.25) is 0 Å². The van der Waals surface area contributed by atoms with Crippen molar-refractivity contribution in [3.63, 3.8) is 0 Å². The van der Waals surface area contributed by atoms with Crippen LogP contribution < -0.4 is 11.2 Å². The van der Waals surface area contributed by atoms with Gasteiger partial charge >= 0.3 is 0 Å². The summed E-state index contributed by atoms with van der Waals surface area (Å²) in [6.45, 7) is 2.86. The maximum atomic E-state index is 11.3. The van der Waals surface area contributed by atoms with Gasteiger partial charge in [-0.3, -0.25) is 10.2 Å². The quantitative estimate of drug-likeness (QED) is 0.597. The number of carbonyl (C=O) groups excluding carboxylic acids is 1. The molecule has 84 valence electrons. The summed E-state index contributed by atoms with van der Waals surface area (Å²) >= 11 is 0. The van der Waals surface area contributed by atoms with Crippen molar-refractivity contribution in [2.45, 2.75) is 32.6 Å². The van der Waals surface area contributed by atoms with Gasteiger partial charge in [-0.2, -0.15) is 0 Å². The van der Waals surface area contributed by atoms with E-state index in [1.165, 1.54) is 0 Å². The predicted octanol–water partition coefficient (Wildman–Crippen LogP) is 0.734. The van der Waals surface area contributed by atoms with Crippen LogP contribution in [0.15, 0.2) is 0 Å². The Morgan fingerprint density at radius 2 is 2.07 bits per heavy atom. The summed E-state index contributed by atoms with van der Waals surface area (Å²) in [7, 11) is 3.63. The van der Waals surface area contributed by atoms with E-state index in [1.807, 2.05) is 14.1 Å². The van der Waals surface area contributed by atoms with Crippen molar-refractivity contribution in [3.05, 3.63) is 0 Å². The number of carbonyl (C=O) groups is 1. The van der Waals surface area contributed by atoms with E-state index < -0.39 is 0 Å². The highest BCUT2D eigenvalue weighted by Crippen LogP contribution is 2.14. The molecule has 0 spiro atoms. The van der Waals surface area contributed by atoms with Crippen molar-refractivity contribution in [3.8, 4) is 0 Å². The molecule has 0 fully saturated rings. The van der Waals surface area contributed by atoms with Gasteiger partial charge in [-0.25, -0.2) is 5.01 Å². The highest BCUT2D eigenvalue weighted by molar-refractivity contribution is 5.75. The Labute approximate surface area is 86.8 Å². The van der Waals surface area contributed by atoms with Crippen LogP contribution in [0, 0.1) is 5.92 Å². The lowest BCUT2D eigenvalue weighted by atomic mass is 9.97. The molecular weight excluding hydrogens is 178 g/mol. The van der Waals surface area contributed by atoms with Gasteiger partial charge in [0.2, 0.25) is 5.91 Å². The minimum Gasteiger partial charge on any atom is -0.330 e. The fraction of sp³-hybridized carbons (Fsp3) is 0.900. The van der Waals surface area contributed by atoms with Crippen LogP contribution in [0.25, 0.3) is 0 Å². The highest BCUT2D eigenvalue weighted by Gasteiger charge is 2.08. The molecule has 14 heavy (non-hydrogen) atoms. The van der Waals surface area contributed by atoms with E-state index >= 15 is 0 Å². The molecule has 0 aromatic carbocycles. The molecule has 1 amide bonds. The third kappa shape index (κ3) is 6.86. The van der Waals surface area contributed by atoms with E-state index in [1.54, 1.807) is 5.01 Å². The normalized spacial score (nSPS) is 12.9. The second kappa shape index (κ2) is 7.76. The van der Waals surface area contributed by atoms with Gasteiger partial charge in [0.1, 0.15) is 0 Å². The molecular formula is C10H23N3O. The van der Waals surface area contributed by atoms with Crippen molar-refractivity contribution in [1.82, 2.24) is 10.4 Å². The zero-order valence-electron chi connectivity index (χ0n) is 9.55. The Kier molecular flexibility index (Phi) is 7.42. The Bertz CT molecular complexity index is 159. The molecule has 0 aromatic heterocycles. The lowest BCUT2D eigenvalue weighted by Crippen LogP contribution is -2.36. The number of rotatable bonds is 7. The molecule has 0 heterocycles. The Hall–Kier alpha value is -0.610. The number of nitrogens with two attached hydrogens (primary N) is 1. The largest absolute Gasteiger partial charge is 0.330 e. The van der Waals surface area contributed by atoms with E-state index in [0.29, 0.717) is 18.9 Å². The molecule has 4 nitrogen and oxygen atoms in total. The van der Waals surface area contributed by atoms with Gasteiger partial charge in [0.05, 0.1) is 0 Å². The summed E-state index contributed by atoms with van der Waals surface area (Å²) in [5, 5.41) is 1.67. The van der Waals surface area contributed by atoms with Crippen molar-refractivity contribution >= 4 is 5.91 Å². The number of nitrogens with zero attached hydrogens (tertiary/aromatic N) is 1. The van der Waals surface area contributed by atoms with Crippen LogP contribution in [0.4, 0.5) is 0 Å². The summed E-state index contributed by atoms with van der Waals surface area (Å²) in [6, 6.07) is 0. The molecule has 0 aliphatic rings. The van der Waals surface area contributed by atoms with Crippen LogP contribution in [0.3, 0.4) is 0 Å². The summed E-state index contributed by atoms with van der Waals surface area (Å²) in [5.74, 6) is 0.679. The third-order valence-corrected chi connectivity index (χ3v) is 2.28. The zero-order valence-corrected chi connectivity index (χ0v) is 9.55. The maximum absolute atomic E-state index is 11.3.